The standard InChI is InChI=1S/C11H15F3O2/c1-4-16-9(15)8-7(10(8,2)3)5-6-11(12,13)14/h5-8H,4H2,1-3H3. The second-order valence-electron chi connectivity index (χ2n) is 4.48. The number of alkyl halides is 3. The van der Waals surface area contributed by atoms with Gasteiger partial charge < -0.3 is 4.74 Å². The van der Waals surface area contributed by atoms with Gasteiger partial charge >= 0.3 is 12.1 Å². The van der Waals surface area contributed by atoms with Crippen molar-refractivity contribution >= 4 is 5.97 Å². The van der Waals surface area contributed by atoms with Gasteiger partial charge in [-0.25, -0.2) is 0 Å². The van der Waals surface area contributed by atoms with Gasteiger partial charge in [0.1, 0.15) is 0 Å². The molecular formula is C11H15F3O2. The van der Waals surface area contributed by atoms with Crippen molar-refractivity contribution in [1.82, 2.24) is 0 Å². The highest BCUT2D eigenvalue weighted by molar-refractivity contribution is 5.78. The highest BCUT2D eigenvalue weighted by atomic mass is 19.4. The molecule has 2 unspecified atom stereocenters. The molecule has 2 nitrogen and oxygen atoms in total. The zero-order valence-electron chi connectivity index (χ0n) is 9.47. The molecule has 16 heavy (non-hydrogen) atoms. The van der Waals surface area contributed by atoms with Crippen LogP contribution in [0.2, 0.25) is 0 Å². The maximum absolute atomic E-state index is 12.0. The first-order chi connectivity index (χ1) is 7.20. The molecule has 1 saturated carbocycles. The molecule has 1 aliphatic rings. The van der Waals surface area contributed by atoms with Gasteiger partial charge in [-0.05, 0) is 18.3 Å². The summed E-state index contributed by atoms with van der Waals surface area (Å²) in [5, 5.41) is 0. The summed E-state index contributed by atoms with van der Waals surface area (Å²) in [5.74, 6) is -1.25. The van der Waals surface area contributed by atoms with E-state index in [-0.39, 0.29) is 18.6 Å². The van der Waals surface area contributed by atoms with Crippen molar-refractivity contribution < 1.29 is 22.7 Å². The Kier molecular flexibility index (Phi) is 3.35. The van der Waals surface area contributed by atoms with E-state index in [0.717, 1.165) is 6.08 Å². The van der Waals surface area contributed by atoms with E-state index in [9.17, 15) is 18.0 Å². The molecule has 5 heteroatoms. The number of ether oxygens (including phenoxy) is 1. The average Bonchev–Trinajstić information content (AvgIpc) is 2.64. The summed E-state index contributed by atoms with van der Waals surface area (Å²) in [6.07, 6.45) is -3.07. The fourth-order valence-electron chi connectivity index (χ4n) is 1.93. The number of hydrogen-bond donors (Lipinski definition) is 0. The maximum Gasteiger partial charge on any atom is 0.409 e. The van der Waals surface area contributed by atoms with E-state index in [2.05, 4.69) is 0 Å². The Bertz CT molecular complexity index is 305. The first kappa shape index (κ1) is 13.1. The molecule has 0 heterocycles. The molecule has 1 rings (SSSR count). The Balaban J connectivity index is 2.64. The Morgan fingerprint density at radius 2 is 2.00 bits per heavy atom. The van der Waals surface area contributed by atoms with E-state index in [4.69, 9.17) is 4.74 Å². The summed E-state index contributed by atoms with van der Waals surface area (Å²) >= 11 is 0. The fourth-order valence-corrected chi connectivity index (χ4v) is 1.93. The van der Waals surface area contributed by atoms with Crippen molar-refractivity contribution in [2.75, 3.05) is 6.61 Å². The largest absolute Gasteiger partial charge is 0.466 e. The van der Waals surface area contributed by atoms with Crippen LogP contribution in [0, 0.1) is 17.3 Å². The van der Waals surface area contributed by atoms with E-state index >= 15 is 0 Å². The van der Waals surface area contributed by atoms with Crippen LogP contribution in [0.3, 0.4) is 0 Å². The van der Waals surface area contributed by atoms with E-state index in [1.807, 2.05) is 0 Å². The number of rotatable bonds is 3. The second kappa shape index (κ2) is 4.11. The van der Waals surface area contributed by atoms with Gasteiger partial charge in [0.15, 0.2) is 0 Å². The zero-order valence-corrected chi connectivity index (χ0v) is 9.47. The summed E-state index contributed by atoms with van der Waals surface area (Å²) in [5.41, 5.74) is -0.437. The molecule has 0 radical (unpaired) electrons. The van der Waals surface area contributed by atoms with Crippen molar-refractivity contribution in [3.63, 3.8) is 0 Å². The van der Waals surface area contributed by atoms with Gasteiger partial charge in [-0.2, -0.15) is 13.2 Å². The number of carbonyl (C=O) groups is 1. The molecule has 0 spiro atoms. The number of halogens is 3. The Labute approximate surface area is 92.5 Å². The predicted octanol–water partition coefficient (Wildman–Crippen LogP) is 2.94. The highest BCUT2D eigenvalue weighted by Crippen LogP contribution is 2.59. The summed E-state index contributed by atoms with van der Waals surface area (Å²) < 4.78 is 40.7. The molecule has 0 bridgehead atoms. The van der Waals surface area contributed by atoms with Gasteiger partial charge in [-0.3, -0.25) is 4.79 Å². The van der Waals surface area contributed by atoms with Gasteiger partial charge in [-0.15, -0.1) is 0 Å². The zero-order chi connectivity index (χ0) is 12.6. The van der Waals surface area contributed by atoms with Gasteiger partial charge in [0.2, 0.25) is 0 Å². The lowest BCUT2D eigenvalue weighted by atomic mass is 10.1. The topological polar surface area (TPSA) is 26.3 Å². The summed E-state index contributed by atoms with van der Waals surface area (Å²) in [7, 11) is 0. The quantitative estimate of drug-likeness (QED) is 0.556. The van der Waals surface area contributed by atoms with Crippen molar-refractivity contribution in [2.24, 2.45) is 17.3 Å². The van der Waals surface area contributed by atoms with Crippen LogP contribution in [0.5, 0.6) is 0 Å². The highest BCUT2D eigenvalue weighted by Gasteiger charge is 2.61. The maximum atomic E-state index is 12.0. The molecule has 1 aliphatic carbocycles. The minimum Gasteiger partial charge on any atom is -0.466 e. The van der Waals surface area contributed by atoms with Crippen LogP contribution >= 0.6 is 0 Å². The minimum atomic E-state index is -4.32. The smallest absolute Gasteiger partial charge is 0.409 e. The normalized spacial score (nSPS) is 28.1. The van der Waals surface area contributed by atoms with Gasteiger partial charge in [0.05, 0.1) is 12.5 Å². The summed E-state index contributed by atoms with van der Waals surface area (Å²) in [4.78, 5) is 11.4. The Hall–Kier alpha value is -1.00. The number of hydrogen-bond acceptors (Lipinski definition) is 2. The van der Waals surface area contributed by atoms with Crippen molar-refractivity contribution in [1.29, 1.82) is 0 Å². The molecule has 0 saturated heterocycles. The van der Waals surface area contributed by atoms with Crippen LogP contribution in [0.4, 0.5) is 13.2 Å². The van der Waals surface area contributed by atoms with Crippen LogP contribution in [-0.2, 0) is 9.53 Å². The van der Waals surface area contributed by atoms with Crippen LogP contribution in [0.15, 0.2) is 12.2 Å². The number of esters is 1. The van der Waals surface area contributed by atoms with Crippen LogP contribution in [-0.4, -0.2) is 18.8 Å². The molecule has 0 amide bonds. The van der Waals surface area contributed by atoms with Gasteiger partial charge in [0, 0.05) is 6.08 Å². The van der Waals surface area contributed by atoms with Gasteiger partial charge in [0.25, 0.3) is 0 Å². The monoisotopic (exact) mass is 236 g/mol. The third-order valence-corrected chi connectivity index (χ3v) is 2.94. The third kappa shape index (κ3) is 2.77. The lowest BCUT2D eigenvalue weighted by Gasteiger charge is -2.01. The summed E-state index contributed by atoms with van der Waals surface area (Å²) in [6.45, 7) is 5.45. The van der Waals surface area contributed by atoms with E-state index in [0.29, 0.717) is 0 Å². The SMILES string of the molecule is CCOC(=O)C1C(C=CC(F)(F)F)C1(C)C. The molecule has 0 aromatic carbocycles. The summed E-state index contributed by atoms with van der Waals surface area (Å²) in [6, 6.07) is 0. The minimum absolute atomic E-state index is 0.193. The molecule has 92 valence electrons. The van der Waals surface area contributed by atoms with Crippen LogP contribution < -0.4 is 0 Å². The second-order valence-corrected chi connectivity index (χ2v) is 4.48. The fraction of sp³-hybridized carbons (Fsp3) is 0.727. The van der Waals surface area contributed by atoms with Crippen molar-refractivity contribution in [2.45, 2.75) is 26.9 Å². The molecule has 0 aliphatic heterocycles. The molecule has 0 N–H and O–H groups in total. The Morgan fingerprint density at radius 3 is 2.44 bits per heavy atom. The average molecular weight is 236 g/mol. The van der Waals surface area contributed by atoms with Crippen LogP contribution in [0.1, 0.15) is 20.8 Å². The predicted molar refractivity (Wildman–Crippen MR) is 52.6 cm³/mol. The molecule has 1 fully saturated rings. The first-order valence-corrected chi connectivity index (χ1v) is 5.13. The lowest BCUT2D eigenvalue weighted by molar-refractivity contribution is -0.145. The number of allylic oxidation sites excluding steroid dienone is 2. The van der Waals surface area contributed by atoms with Crippen LogP contribution in [0.25, 0.3) is 0 Å². The van der Waals surface area contributed by atoms with E-state index in [1.54, 1.807) is 20.8 Å². The number of carbonyl (C=O) groups excluding carboxylic acids is 1. The lowest BCUT2D eigenvalue weighted by Crippen LogP contribution is -2.10. The third-order valence-electron chi connectivity index (χ3n) is 2.94. The molecule has 0 aromatic heterocycles. The van der Waals surface area contributed by atoms with Crippen molar-refractivity contribution in [3.8, 4) is 0 Å². The van der Waals surface area contributed by atoms with E-state index < -0.39 is 23.5 Å². The van der Waals surface area contributed by atoms with Crippen molar-refractivity contribution in [3.05, 3.63) is 12.2 Å². The van der Waals surface area contributed by atoms with E-state index in [1.165, 1.54) is 0 Å². The van der Waals surface area contributed by atoms with Gasteiger partial charge in [-0.1, -0.05) is 19.9 Å². The molecule has 2 atom stereocenters. The molecular weight excluding hydrogens is 221 g/mol. The first-order valence-electron chi connectivity index (χ1n) is 5.13. The Morgan fingerprint density at radius 1 is 1.44 bits per heavy atom. The molecule has 0 aromatic rings.